The number of ether oxygens (including phenoxy) is 1. The molecule has 2 aromatic carbocycles. The van der Waals surface area contributed by atoms with Crippen LogP contribution >= 0.6 is 0 Å². The van der Waals surface area contributed by atoms with Crippen LogP contribution in [0.5, 0.6) is 5.75 Å². The highest BCUT2D eigenvalue weighted by atomic mass is 16.5. The molecule has 0 saturated carbocycles. The van der Waals surface area contributed by atoms with Crippen LogP contribution in [0.2, 0.25) is 0 Å². The summed E-state index contributed by atoms with van der Waals surface area (Å²) in [7, 11) is 0. The van der Waals surface area contributed by atoms with E-state index in [0.717, 1.165) is 44.7 Å². The van der Waals surface area contributed by atoms with Crippen molar-refractivity contribution >= 4 is 0 Å². The van der Waals surface area contributed by atoms with Crippen LogP contribution in [0.1, 0.15) is 34.6 Å². The molecule has 0 aromatic heterocycles. The summed E-state index contributed by atoms with van der Waals surface area (Å²) in [5, 5.41) is 3.51. The standard InChI is InChI=1S/C19H21NO/c1-2-7-19-17(6-1)16(9-11-21-19)12-15-5-3-4-14-8-10-20-13-18(14)15/h1-7,16,20H,8-13H2. The van der Waals surface area contributed by atoms with Crippen LogP contribution in [0, 0.1) is 0 Å². The number of nitrogens with one attached hydrogen (secondary N) is 1. The maximum absolute atomic E-state index is 5.79. The van der Waals surface area contributed by atoms with Gasteiger partial charge in [0.15, 0.2) is 0 Å². The second-order valence-corrected chi connectivity index (χ2v) is 6.06. The minimum atomic E-state index is 0.586. The zero-order valence-electron chi connectivity index (χ0n) is 12.3. The molecule has 2 heterocycles. The Hall–Kier alpha value is -1.80. The number of benzene rings is 2. The fourth-order valence-electron chi connectivity index (χ4n) is 3.67. The number of para-hydroxylation sites is 1. The quantitative estimate of drug-likeness (QED) is 0.909. The highest BCUT2D eigenvalue weighted by Crippen LogP contribution is 2.36. The molecule has 0 saturated heterocycles. The predicted molar refractivity (Wildman–Crippen MR) is 84.9 cm³/mol. The van der Waals surface area contributed by atoms with E-state index in [1.165, 1.54) is 22.3 Å². The summed E-state index contributed by atoms with van der Waals surface area (Å²) >= 11 is 0. The first kappa shape index (κ1) is 12.9. The molecule has 0 radical (unpaired) electrons. The Labute approximate surface area is 126 Å². The van der Waals surface area contributed by atoms with Crippen molar-refractivity contribution in [3.8, 4) is 5.75 Å². The van der Waals surface area contributed by atoms with Crippen molar-refractivity contribution in [1.29, 1.82) is 0 Å². The van der Waals surface area contributed by atoms with Crippen LogP contribution in [0.3, 0.4) is 0 Å². The fraction of sp³-hybridized carbons (Fsp3) is 0.368. The Bertz CT molecular complexity index is 650. The molecule has 1 unspecified atom stereocenters. The number of fused-ring (bicyclic) bond motifs is 2. The van der Waals surface area contributed by atoms with Gasteiger partial charge in [-0.05, 0) is 60.0 Å². The minimum absolute atomic E-state index is 0.586. The van der Waals surface area contributed by atoms with Crippen LogP contribution < -0.4 is 10.1 Å². The van der Waals surface area contributed by atoms with Crippen LogP contribution in [0.15, 0.2) is 42.5 Å². The number of rotatable bonds is 2. The third-order valence-electron chi connectivity index (χ3n) is 4.79. The average molecular weight is 279 g/mol. The first-order valence-corrected chi connectivity index (χ1v) is 7.94. The molecule has 2 heteroatoms. The Balaban J connectivity index is 1.66. The zero-order chi connectivity index (χ0) is 14.1. The Kier molecular flexibility index (Phi) is 3.40. The smallest absolute Gasteiger partial charge is 0.122 e. The van der Waals surface area contributed by atoms with Gasteiger partial charge < -0.3 is 10.1 Å². The normalized spacial score (nSPS) is 20.3. The van der Waals surface area contributed by atoms with Crippen LogP contribution in [-0.4, -0.2) is 13.2 Å². The van der Waals surface area contributed by atoms with Gasteiger partial charge in [-0.15, -0.1) is 0 Å². The van der Waals surface area contributed by atoms with Crippen LogP contribution in [0.25, 0.3) is 0 Å². The van der Waals surface area contributed by atoms with Crippen molar-refractivity contribution in [2.45, 2.75) is 31.7 Å². The molecule has 1 atom stereocenters. The Morgan fingerprint density at radius 2 is 2.05 bits per heavy atom. The lowest BCUT2D eigenvalue weighted by Gasteiger charge is -2.28. The summed E-state index contributed by atoms with van der Waals surface area (Å²) in [6, 6.07) is 15.3. The van der Waals surface area contributed by atoms with Gasteiger partial charge in [0.2, 0.25) is 0 Å². The van der Waals surface area contributed by atoms with E-state index < -0.39 is 0 Å². The fourth-order valence-corrected chi connectivity index (χ4v) is 3.67. The van der Waals surface area contributed by atoms with Gasteiger partial charge in [0, 0.05) is 6.54 Å². The van der Waals surface area contributed by atoms with Gasteiger partial charge >= 0.3 is 0 Å². The number of hydrogen-bond donors (Lipinski definition) is 1. The third kappa shape index (κ3) is 2.44. The summed E-state index contributed by atoms with van der Waals surface area (Å²) in [5.74, 6) is 1.67. The molecule has 0 aliphatic carbocycles. The molecule has 108 valence electrons. The highest BCUT2D eigenvalue weighted by molar-refractivity contribution is 5.42. The summed E-state index contributed by atoms with van der Waals surface area (Å²) < 4.78 is 5.79. The third-order valence-corrected chi connectivity index (χ3v) is 4.79. The van der Waals surface area contributed by atoms with Gasteiger partial charge in [0.1, 0.15) is 5.75 Å². The molecule has 0 fully saturated rings. The molecule has 21 heavy (non-hydrogen) atoms. The van der Waals surface area contributed by atoms with E-state index in [1.54, 1.807) is 0 Å². The SMILES string of the molecule is c1cc2c(c(CC3CCOc4ccccc43)c1)CNCC2. The Morgan fingerprint density at radius 1 is 1.10 bits per heavy atom. The van der Waals surface area contributed by atoms with E-state index in [1.807, 2.05) is 0 Å². The summed E-state index contributed by atoms with van der Waals surface area (Å²) in [6.45, 7) is 2.97. The molecule has 2 aliphatic rings. The monoisotopic (exact) mass is 279 g/mol. The lowest BCUT2D eigenvalue weighted by Crippen LogP contribution is -2.25. The van der Waals surface area contributed by atoms with Gasteiger partial charge in [-0.3, -0.25) is 0 Å². The van der Waals surface area contributed by atoms with Crippen molar-refractivity contribution in [1.82, 2.24) is 5.32 Å². The zero-order valence-corrected chi connectivity index (χ0v) is 12.3. The van der Waals surface area contributed by atoms with E-state index >= 15 is 0 Å². The van der Waals surface area contributed by atoms with Crippen LogP contribution in [0.4, 0.5) is 0 Å². The molecule has 4 rings (SSSR count). The van der Waals surface area contributed by atoms with Crippen molar-refractivity contribution in [2.75, 3.05) is 13.2 Å². The second kappa shape index (κ2) is 5.53. The average Bonchev–Trinajstić information content (AvgIpc) is 2.56. The first-order chi connectivity index (χ1) is 10.4. The molecule has 2 aliphatic heterocycles. The van der Waals surface area contributed by atoms with Gasteiger partial charge in [0.05, 0.1) is 6.61 Å². The molecule has 0 bridgehead atoms. The van der Waals surface area contributed by atoms with E-state index in [-0.39, 0.29) is 0 Å². The first-order valence-electron chi connectivity index (χ1n) is 7.94. The van der Waals surface area contributed by atoms with Gasteiger partial charge in [-0.25, -0.2) is 0 Å². The van der Waals surface area contributed by atoms with Gasteiger partial charge in [-0.2, -0.15) is 0 Å². The van der Waals surface area contributed by atoms with E-state index in [4.69, 9.17) is 4.74 Å². The molecular weight excluding hydrogens is 258 g/mol. The van der Waals surface area contributed by atoms with E-state index in [2.05, 4.69) is 47.8 Å². The largest absolute Gasteiger partial charge is 0.493 e. The van der Waals surface area contributed by atoms with Crippen molar-refractivity contribution in [3.05, 3.63) is 64.7 Å². The van der Waals surface area contributed by atoms with Gasteiger partial charge in [0.25, 0.3) is 0 Å². The molecule has 2 nitrogen and oxygen atoms in total. The number of hydrogen-bond acceptors (Lipinski definition) is 2. The molecule has 0 amide bonds. The van der Waals surface area contributed by atoms with E-state index in [9.17, 15) is 0 Å². The molecular formula is C19H21NO. The maximum atomic E-state index is 5.79. The lowest BCUT2D eigenvalue weighted by atomic mass is 9.84. The van der Waals surface area contributed by atoms with E-state index in [0.29, 0.717) is 5.92 Å². The predicted octanol–water partition coefficient (Wildman–Crippen LogP) is 3.44. The summed E-state index contributed by atoms with van der Waals surface area (Å²) in [4.78, 5) is 0. The maximum Gasteiger partial charge on any atom is 0.122 e. The minimum Gasteiger partial charge on any atom is -0.493 e. The molecule has 1 N–H and O–H groups in total. The van der Waals surface area contributed by atoms with Crippen molar-refractivity contribution in [2.24, 2.45) is 0 Å². The van der Waals surface area contributed by atoms with Crippen molar-refractivity contribution in [3.63, 3.8) is 0 Å². The van der Waals surface area contributed by atoms with Crippen LogP contribution in [-0.2, 0) is 19.4 Å². The van der Waals surface area contributed by atoms with Gasteiger partial charge in [-0.1, -0.05) is 36.4 Å². The van der Waals surface area contributed by atoms with Crippen molar-refractivity contribution < 1.29 is 4.74 Å². The molecule has 2 aromatic rings. The highest BCUT2D eigenvalue weighted by Gasteiger charge is 2.23. The lowest BCUT2D eigenvalue weighted by molar-refractivity contribution is 0.266. The molecule has 0 spiro atoms. The summed E-state index contributed by atoms with van der Waals surface area (Å²) in [6.07, 6.45) is 3.41. The Morgan fingerprint density at radius 3 is 3.05 bits per heavy atom. The summed E-state index contributed by atoms with van der Waals surface area (Å²) in [5.41, 5.74) is 5.96. The second-order valence-electron chi connectivity index (χ2n) is 6.06. The topological polar surface area (TPSA) is 21.3 Å².